The van der Waals surface area contributed by atoms with Crippen LogP contribution >= 0.6 is 12.2 Å². The quantitative estimate of drug-likeness (QED) is 0.729. The normalized spacial score (nSPS) is 10.7. The molecule has 0 unspecified atom stereocenters. The molecule has 0 atom stereocenters. The van der Waals surface area contributed by atoms with E-state index in [2.05, 4.69) is 4.98 Å². The molecule has 0 saturated carbocycles. The Kier molecular flexibility index (Phi) is 3.83. The van der Waals surface area contributed by atoms with E-state index in [0.29, 0.717) is 24.0 Å². The Morgan fingerprint density at radius 2 is 1.81 bits per heavy atom. The van der Waals surface area contributed by atoms with E-state index in [1.165, 1.54) is 0 Å². The third-order valence-corrected chi connectivity index (χ3v) is 3.37. The van der Waals surface area contributed by atoms with E-state index in [1.54, 1.807) is 0 Å². The molecular weight excluding hydrogens is 282 g/mol. The molecular formula is C16H15N3OS. The SMILES string of the molecule is NC(=S)CCN(c1ccccc1)c1nc2ccccc2o1. The van der Waals surface area contributed by atoms with Gasteiger partial charge in [0.2, 0.25) is 0 Å². The predicted molar refractivity (Wildman–Crippen MR) is 88.9 cm³/mol. The van der Waals surface area contributed by atoms with Crippen LogP contribution in [-0.4, -0.2) is 16.5 Å². The Hall–Kier alpha value is -2.40. The van der Waals surface area contributed by atoms with Gasteiger partial charge in [-0.05, 0) is 24.3 Å². The molecule has 0 fully saturated rings. The zero-order chi connectivity index (χ0) is 14.7. The monoisotopic (exact) mass is 297 g/mol. The summed E-state index contributed by atoms with van der Waals surface area (Å²) in [4.78, 5) is 7.01. The van der Waals surface area contributed by atoms with Crippen LogP contribution in [0.3, 0.4) is 0 Å². The van der Waals surface area contributed by atoms with Crippen LogP contribution in [0, 0.1) is 0 Å². The maximum Gasteiger partial charge on any atom is 0.302 e. The number of oxazole rings is 1. The minimum absolute atomic E-state index is 0.479. The first kappa shape index (κ1) is 13.6. The molecule has 0 amide bonds. The summed E-state index contributed by atoms with van der Waals surface area (Å²) in [7, 11) is 0. The first-order chi connectivity index (χ1) is 10.2. The Balaban J connectivity index is 1.99. The second-order valence-corrected chi connectivity index (χ2v) is 5.19. The molecule has 2 N–H and O–H groups in total. The molecule has 0 aliphatic heterocycles. The number of nitrogens with zero attached hydrogens (tertiary/aromatic N) is 2. The highest BCUT2D eigenvalue weighted by molar-refractivity contribution is 7.80. The van der Waals surface area contributed by atoms with Gasteiger partial charge in [0.1, 0.15) is 5.52 Å². The third kappa shape index (κ3) is 3.03. The van der Waals surface area contributed by atoms with Crippen LogP contribution in [0.15, 0.2) is 59.0 Å². The lowest BCUT2D eigenvalue weighted by atomic mass is 10.3. The number of aromatic nitrogens is 1. The van der Waals surface area contributed by atoms with Gasteiger partial charge in [0.15, 0.2) is 5.58 Å². The second kappa shape index (κ2) is 5.93. The number of hydrogen-bond acceptors (Lipinski definition) is 4. The number of anilines is 2. The van der Waals surface area contributed by atoms with E-state index in [4.69, 9.17) is 22.4 Å². The molecule has 0 saturated heterocycles. The van der Waals surface area contributed by atoms with Crippen molar-refractivity contribution in [2.24, 2.45) is 5.73 Å². The molecule has 4 nitrogen and oxygen atoms in total. The Morgan fingerprint density at radius 1 is 1.10 bits per heavy atom. The molecule has 0 aliphatic rings. The van der Waals surface area contributed by atoms with Crippen molar-refractivity contribution in [2.45, 2.75) is 6.42 Å². The molecule has 2 aromatic carbocycles. The van der Waals surface area contributed by atoms with Crippen molar-refractivity contribution in [3.63, 3.8) is 0 Å². The first-order valence-electron chi connectivity index (χ1n) is 6.70. The molecule has 3 aromatic rings. The van der Waals surface area contributed by atoms with Crippen molar-refractivity contribution in [3.8, 4) is 0 Å². The van der Waals surface area contributed by atoms with Crippen molar-refractivity contribution in [3.05, 3.63) is 54.6 Å². The maximum atomic E-state index is 5.85. The van der Waals surface area contributed by atoms with Crippen LogP contribution < -0.4 is 10.6 Å². The van der Waals surface area contributed by atoms with E-state index < -0.39 is 0 Å². The maximum absolute atomic E-state index is 5.85. The summed E-state index contributed by atoms with van der Waals surface area (Å²) < 4.78 is 5.85. The molecule has 1 heterocycles. The molecule has 1 aromatic heterocycles. The fourth-order valence-electron chi connectivity index (χ4n) is 2.14. The van der Waals surface area contributed by atoms with Crippen LogP contribution in [0.5, 0.6) is 0 Å². The lowest BCUT2D eigenvalue weighted by Crippen LogP contribution is -2.23. The van der Waals surface area contributed by atoms with Crippen molar-refractivity contribution in [2.75, 3.05) is 11.4 Å². The summed E-state index contributed by atoms with van der Waals surface area (Å²) in [6, 6.07) is 18.2. The average Bonchev–Trinajstić information content (AvgIpc) is 2.92. The minimum Gasteiger partial charge on any atom is -0.423 e. The Labute approximate surface area is 128 Å². The number of benzene rings is 2. The van der Waals surface area contributed by atoms with Crippen LogP contribution in [0.2, 0.25) is 0 Å². The Morgan fingerprint density at radius 3 is 2.52 bits per heavy atom. The summed E-state index contributed by atoms with van der Waals surface area (Å²) in [6.07, 6.45) is 0.600. The molecule has 0 radical (unpaired) electrons. The van der Waals surface area contributed by atoms with E-state index in [-0.39, 0.29) is 0 Å². The molecule has 0 aliphatic carbocycles. The standard InChI is InChI=1S/C16H15N3OS/c17-15(21)10-11-19(12-6-2-1-3-7-12)16-18-13-8-4-5-9-14(13)20-16/h1-9H,10-11H2,(H2,17,21). The first-order valence-corrected chi connectivity index (χ1v) is 7.11. The Bertz CT molecular complexity index is 721. The number of nitrogens with two attached hydrogens (primary N) is 1. The number of thiocarbonyl (C=S) groups is 1. The summed E-state index contributed by atoms with van der Waals surface area (Å²) in [6.45, 7) is 0.631. The number of rotatable bonds is 5. The predicted octanol–water partition coefficient (Wildman–Crippen LogP) is 3.64. The average molecular weight is 297 g/mol. The molecule has 5 heteroatoms. The molecule has 21 heavy (non-hydrogen) atoms. The summed E-state index contributed by atoms with van der Waals surface area (Å²) in [5.74, 6) is 0. The second-order valence-electron chi connectivity index (χ2n) is 4.67. The van der Waals surface area contributed by atoms with Crippen molar-refractivity contribution in [1.82, 2.24) is 4.98 Å². The van der Waals surface area contributed by atoms with Gasteiger partial charge in [-0.15, -0.1) is 0 Å². The van der Waals surface area contributed by atoms with Crippen molar-refractivity contribution < 1.29 is 4.42 Å². The van der Waals surface area contributed by atoms with E-state index in [0.717, 1.165) is 16.8 Å². The van der Waals surface area contributed by atoms with Gasteiger partial charge in [0.05, 0.1) is 4.99 Å². The lowest BCUT2D eigenvalue weighted by molar-refractivity contribution is 0.593. The highest BCUT2D eigenvalue weighted by atomic mass is 32.1. The van der Waals surface area contributed by atoms with Crippen molar-refractivity contribution in [1.29, 1.82) is 0 Å². The van der Waals surface area contributed by atoms with Gasteiger partial charge in [0, 0.05) is 18.7 Å². The lowest BCUT2D eigenvalue weighted by Gasteiger charge is -2.20. The van der Waals surface area contributed by atoms with Gasteiger partial charge in [-0.3, -0.25) is 4.90 Å². The van der Waals surface area contributed by atoms with Gasteiger partial charge in [-0.25, -0.2) is 0 Å². The fraction of sp³-hybridized carbons (Fsp3) is 0.125. The van der Waals surface area contributed by atoms with Crippen LogP contribution in [0.1, 0.15) is 6.42 Å². The number of fused-ring (bicyclic) bond motifs is 1. The highest BCUT2D eigenvalue weighted by Gasteiger charge is 2.15. The summed E-state index contributed by atoms with van der Waals surface area (Å²) >= 11 is 4.98. The number of para-hydroxylation sites is 3. The van der Waals surface area contributed by atoms with Crippen LogP contribution in [0.25, 0.3) is 11.1 Å². The fourth-order valence-corrected chi connectivity index (χ4v) is 2.23. The zero-order valence-electron chi connectivity index (χ0n) is 11.4. The zero-order valence-corrected chi connectivity index (χ0v) is 12.2. The molecule has 0 bridgehead atoms. The highest BCUT2D eigenvalue weighted by Crippen LogP contribution is 2.28. The molecule has 0 spiro atoms. The van der Waals surface area contributed by atoms with Gasteiger partial charge in [-0.1, -0.05) is 42.5 Å². The summed E-state index contributed by atoms with van der Waals surface area (Å²) in [5.41, 5.74) is 8.23. The van der Waals surface area contributed by atoms with Crippen molar-refractivity contribution >= 4 is 40.0 Å². The topological polar surface area (TPSA) is 55.3 Å². The minimum atomic E-state index is 0.479. The van der Waals surface area contributed by atoms with Crippen LogP contribution in [-0.2, 0) is 0 Å². The van der Waals surface area contributed by atoms with Gasteiger partial charge < -0.3 is 10.2 Å². The summed E-state index contributed by atoms with van der Waals surface area (Å²) in [5, 5.41) is 0. The molecule has 106 valence electrons. The van der Waals surface area contributed by atoms with E-state index in [1.807, 2.05) is 59.5 Å². The molecule has 3 rings (SSSR count). The van der Waals surface area contributed by atoms with E-state index in [9.17, 15) is 0 Å². The van der Waals surface area contributed by atoms with Gasteiger partial charge in [-0.2, -0.15) is 4.98 Å². The van der Waals surface area contributed by atoms with Crippen LogP contribution in [0.4, 0.5) is 11.7 Å². The largest absolute Gasteiger partial charge is 0.423 e. The van der Waals surface area contributed by atoms with E-state index >= 15 is 0 Å². The third-order valence-electron chi connectivity index (χ3n) is 3.16. The van der Waals surface area contributed by atoms with Gasteiger partial charge in [0.25, 0.3) is 0 Å². The number of hydrogen-bond donors (Lipinski definition) is 1. The smallest absolute Gasteiger partial charge is 0.302 e. The van der Waals surface area contributed by atoms with Gasteiger partial charge >= 0.3 is 6.01 Å².